The molecule has 0 atom stereocenters. The van der Waals surface area contributed by atoms with Gasteiger partial charge in [0.05, 0.1) is 0 Å². The molecule has 5 aromatic carbocycles. The summed E-state index contributed by atoms with van der Waals surface area (Å²) in [6.45, 7) is 8.82. The van der Waals surface area contributed by atoms with Crippen LogP contribution in [0.15, 0.2) is 138 Å². The number of pyridine rings is 2. The minimum atomic E-state index is 0. The molecule has 0 fully saturated rings. The Balaban J connectivity index is 0.000000241. The molecule has 3 aromatic heterocycles. The summed E-state index contributed by atoms with van der Waals surface area (Å²) in [6, 6.07) is 48.3. The van der Waals surface area contributed by atoms with E-state index in [1.54, 1.807) is 0 Å². The van der Waals surface area contributed by atoms with Crippen molar-refractivity contribution in [3.05, 3.63) is 157 Å². The first-order chi connectivity index (χ1) is 22.8. The molecular formula is C44H36IrN2O-2. The van der Waals surface area contributed by atoms with Crippen molar-refractivity contribution in [2.75, 3.05) is 0 Å². The number of hydrogen-bond acceptors (Lipinski definition) is 3. The van der Waals surface area contributed by atoms with Crippen molar-refractivity contribution >= 4 is 32.7 Å². The molecule has 0 saturated carbocycles. The number of aromatic nitrogens is 2. The van der Waals surface area contributed by atoms with Gasteiger partial charge in [0.2, 0.25) is 0 Å². The predicted octanol–water partition coefficient (Wildman–Crippen LogP) is 11.7. The smallest absolute Gasteiger partial charge is 0.136 e. The number of aryl methyl sites for hydroxylation is 1. The Labute approximate surface area is 296 Å². The van der Waals surface area contributed by atoms with E-state index in [4.69, 9.17) is 4.42 Å². The van der Waals surface area contributed by atoms with E-state index in [2.05, 4.69) is 122 Å². The van der Waals surface area contributed by atoms with Crippen LogP contribution in [0, 0.1) is 24.5 Å². The van der Waals surface area contributed by atoms with Crippen LogP contribution in [-0.2, 0) is 26.5 Å². The van der Waals surface area contributed by atoms with Gasteiger partial charge in [0.15, 0.2) is 0 Å². The molecule has 8 aromatic rings. The van der Waals surface area contributed by atoms with Gasteiger partial charge in [-0.2, -0.15) is 0 Å². The maximum Gasteiger partial charge on any atom is 0.136 e. The normalized spacial score (nSPS) is 11.2. The summed E-state index contributed by atoms with van der Waals surface area (Å²) in [5.41, 5.74) is 10.9. The number of hydrogen-bond donors (Lipinski definition) is 0. The number of furan rings is 1. The SMILES string of the molecule is CC(C)(C)Cc1ccnc(-c2[c-]cc(-c3cccc4c3ccc3oc5ccccc5c34)cc2)c1.Cc1ccc(-c2[c-]cccc2)nc1.[Ir]. The van der Waals surface area contributed by atoms with Gasteiger partial charge in [-0.25, -0.2) is 0 Å². The zero-order valence-corrected chi connectivity index (χ0v) is 29.9. The molecule has 3 nitrogen and oxygen atoms in total. The molecule has 3 heterocycles. The van der Waals surface area contributed by atoms with E-state index in [0.717, 1.165) is 51.1 Å². The molecule has 4 heteroatoms. The Morgan fingerprint density at radius 1 is 0.667 bits per heavy atom. The van der Waals surface area contributed by atoms with E-state index >= 15 is 0 Å². The quantitative estimate of drug-likeness (QED) is 0.166. The first kappa shape index (κ1) is 33.0. The molecule has 0 aliphatic rings. The second-order valence-corrected chi connectivity index (χ2v) is 13.2. The molecule has 1 radical (unpaired) electrons. The maximum atomic E-state index is 6.10. The van der Waals surface area contributed by atoms with Crippen molar-refractivity contribution in [3.63, 3.8) is 0 Å². The summed E-state index contributed by atoms with van der Waals surface area (Å²) < 4.78 is 6.10. The topological polar surface area (TPSA) is 38.9 Å². The van der Waals surface area contributed by atoms with E-state index in [-0.39, 0.29) is 25.5 Å². The van der Waals surface area contributed by atoms with Crippen LogP contribution in [0.25, 0.3) is 66.4 Å². The van der Waals surface area contributed by atoms with Crippen LogP contribution < -0.4 is 0 Å². The van der Waals surface area contributed by atoms with Crippen LogP contribution in [0.5, 0.6) is 0 Å². The minimum absolute atomic E-state index is 0. The molecule has 0 aliphatic heterocycles. The molecule has 0 bridgehead atoms. The molecule has 0 spiro atoms. The van der Waals surface area contributed by atoms with Crippen molar-refractivity contribution in [1.82, 2.24) is 9.97 Å². The number of para-hydroxylation sites is 1. The van der Waals surface area contributed by atoms with Crippen molar-refractivity contribution in [2.45, 2.75) is 34.1 Å². The van der Waals surface area contributed by atoms with E-state index < -0.39 is 0 Å². The van der Waals surface area contributed by atoms with Crippen LogP contribution in [0.4, 0.5) is 0 Å². The summed E-state index contributed by atoms with van der Waals surface area (Å²) >= 11 is 0. The Hall–Kier alpha value is -4.89. The van der Waals surface area contributed by atoms with Gasteiger partial charge in [0.1, 0.15) is 11.2 Å². The molecular weight excluding hydrogens is 765 g/mol. The van der Waals surface area contributed by atoms with Crippen LogP contribution in [-0.4, -0.2) is 9.97 Å². The average Bonchev–Trinajstić information content (AvgIpc) is 3.48. The molecule has 0 amide bonds. The Bertz CT molecular complexity index is 2300. The summed E-state index contributed by atoms with van der Waals surface area (Å²) in [4.78, 5) is 8.92. The summed E-state index contributed by atoms with van der Waals surface area (Å²) in [6.07, 6.45) is 4.80. The summed E-state index contributed by atoms with van der Waals surface area (Å²) in [5, 5.41) is 4.76. The molecule has 239 valence electrons. The second-order valence-electron chi connectivity index (χ2n) is 13.2. The number of fused-ring (bicyclic) bond motifs is 5. The van der Waals surface area contributed by atoms with Gasteiger partial charge in [0, 0.05) is 43.3 Å². The zero-order valence-electron chi connectivity index (χ0n) is 27.5. The third-order valence-corrected chi connectivity index (χ3v) is 8.25. The van der Waals surface area contributed by atoms with Crippen LogP contribution in [0.2, 0.25) is 0 Å². The van der Waals surface area contributed by atoms with E-state index in [9.17, 15) is 0 Å². The largest absolute Gasteiger partial charge is 0.456 e. The summed E-state index contributed by atoms with van der Waals surface area (Å²) in [5.74, 6) is 0. The third kappa shape index (κ3) is 7.16. The second kappa shape index (κ2) is 14.1. The molecule has 48 heavy (non-hydrogen) atoms. The van der Waals surface area contributed by atoms with Gasteiger partial charge >= 0.3 is 0 Å². The Kier molecular flexibility index (Phi) is 9.68. The average molecular weight is 801 g/mol. The van der Waals surface area contributed by atoms with Crippen molar-refractivity contribution in [3.8, 4) is 33.6 Å². The number of rotatable bonds is 4. The molecule has 0 saturated heterocycles. The van der Waals surface area contributed by atoms with E-state index in [1.807, 2.05) is 61.8 Å². The summed E-state index contributed by atoms with van der Waals surface area (Å²) in [7, 11) is 0. The maximum absolute atomic E-state index is 6.10. The molecule has 0 N–H and O–H groups in total. The monoisotopic (exact) mass is 801 g/mol. The van der Waals surface area contributed by atoms with Gasteiger partial charge in [-0.15, -0.1) is 65.7 Å². The number of nitrogens with zero attached hydrogens (tertiary/aromatic N) is 2. The van der Waals surface area contributed by atoms with Gasteiger partial charge in [-0.3, -0.25) is 0 Å². The van der Waals surface area contributed by atoms with Crippen molar-refractivity contribution in [1.29, 1.82) is 0 Å². The van der Waals surface area contributed by atoms with Gasteiger partial charge in [-0.1, -0.05) is 98.1 Å². The van der Waals surface area contributed by atoms with Crippen LogP contribution >= 0.6 is 0 Å². The fraction of sp³-hybridized carbons (Fsp3) is 0.136. The fourth-order valence-electron chi connectivity index (χ4n) is 6.11. The van der Waals surface area contributed by atoms with Crippen molar-refractivity contribution < 1.29 is 24.5 Å². The minimum Gasteiger partial charge on any atom is -0.456 e. The Morgan fingerprint density at radius 3 is 2.23 bits per heavy atom. The number of benzene rings is 5. The molecule has 0 unspecified atom stereocenters. The van der Waals surface area contributed by atoms with Crippen LogP contribution in [0.1, 0.15) is 31.9 Å². The van der Waals surface area contributed by atoms with Crippen molar-refractivity contribution in [2.24, 2.45) is 5.41 Å². The van der Waals surface area contributed by atoms with Gasteiger partial charge in [0.25, 0.3) is 0 Å². The first-order valence-corrected chi connectivity index (χ1v) is 16.0. The van der Waals surface area contributed by atoms with Crippen LogP contribution in [0.3, 0.4) is 0 Å². The fourth-order valence-corrected chi connectivity index (χ4v) is 6.11. The van der Waals surface area contributed by atoms with E-state index in [1.165, 1.54) is 32.8 Å². The van der Waals surface area contributed by atoms with Gasteiger partial charge in [-0.05, 0) is 64.7 Å². The first-order valence-electron chi connectivity index (χ1n) is 16.0. The van der Waals surface area contributed by atoms with Gasteiger partial charge < -0.3 is 14.4 Å². The zero-order chi connectivity index (χ0) is 32.4. The molecule has 0 aliphatic carbocycles. The molecule has 8 rings (SSSR count). The third-order valence-electron chi connectivity index (χ3n) is 8.25. The predicted molar refractivity (Wildman–Crippen MR) is 195 cm³/mol. The Morgan fingerprint density at radius 2 is 1.48 bits per heavy atom. The van der Waals surface area contributed by atoms with E-state index in [0.29, 0.717) is 0 Å². The standard InChI is InChI=1S/C32H26NO.C12H10N.Ir/c1-32(2,3)20-21-17-18-33-28(19-21)23-13-11-22(12-14-23)24-8-6-9-26-25(24)15-16-30-31(26)27-7-4-5-10-29(27)34-30;1-10-7-8-12(13-9-10)11-5-3-2-4-6-11;/h4-13,15-19H,20H2,1-3H3;2-5,7-9H,1H3;/q2*-1;.